The van der Waals surface area contributed by atoms with E-state index in [1.807, 2.05) is 17.0 Å². The van der Waals surface area contributed by atoms with Crippen LogP contribution in [0.4, 0.5) is 0 Å². The third kappa shape index (κ3) is 4.64. The molecule has 7 heteroatoms. The molecule has 1 aliphatic heterocycles. The third-order valence-corrected chi connectivity index (χ3v) is 9.04. The lowest BCUT2D eigenvalue weighted by Crippen LogP contribution is -2.52. The molecule has 3 aliphatic rings. The van der Waals surface area contributed by atoms with Crippen LogP contribution in [0, 0.1) is 0 Å². The van der Waals surface area contributed by atoms with Crippen LogP contribution in [0.15, 0.2) is 24.3 Å². The molecule has 1 amide bonds. The number of amides is 1. The predicted octanol–water partition coefficient (Wildman–Crippen LogP) is 3.66. The number of hydrogen-bond acceptors (Lipinski definition) is 4. The van der Waals surface area contributed by atoms with Crippen LogP contribution in [-0.2, 0) is 20.2 Å². The second-order valence-electron chi connectivity index (χ2n) is 8.95. The van der Waals surface area contributed by atoms with Crippen molar-refractivity contribution in [1.82, 2.24) is 10.2 Å². The fourth-order valence-electron chi connectivity index (χ4n) is 5.53. The molecule has 1 aromatic rings. The van der Waals surface area contributed by atoms with E-state index >= 15 is 0 Å². The topological polar surface area (TPSA) is 66.5 Å². The first kappa shape index (κ1) is 21.1. The van der Waals surface area contributed by atoms with Gasteiger partial charge in [-0.3, -0.25) is 10.1 Å². The molecule has 5 nitrogen and oxygen atoms in total. The second-order valence-corrected chi connectivity index (χ2v) is 11.6. The summed E-state index contributed by atoms with van der Waals surface area (Å²) >= 11 is 6.07. The number of carbonyl (C=O) groups excluding carboxylic acids is 1. The first-order chi connectivity index (χ1) is 13.9. The van der Waals surface area contributed by atoms with Gasteiger partial charge in [0.1, 0.15) is 0 Å². The van der Waals surface area contributed by atoms with Crippen LogP contribution in [0.2, 0.25) is 5.02 Å². The molecular formula is C22H31ClN2O3S. The van der Waals surface area contributed by atoms with Crippen molar-refractivity contribution in [2.45, 2.75) is 75.4 Å². The number of benzene rings is 1. The highest BCUT2D eigenvalue weighted by Gasteiger charge is 2.40. The van der Waals surface area contributed by atoms with Crippen LogP contribution < -0.4 is 5.32 Å². The highest BCUT2D eigenvalue weighted by atomic mass is 35.5. The van der Waals surface area contributed by atoms with E-state index in [9.17, 15) is 13.2 Å². The summed E-state index contributed by atoms with van der Waals surface area (Å²) in [6.07, 6.45) is 9.08. The number of halogens is 1. The summed E-state index contributed by atoms with van der Waals surface area (Å²) in [7, 11) is -3.02. The maximum absolute atomic E-state index is 13.4. The van der Waals surface area contributed by atoms with Gasteiger partial charge < -0.3 is 4.90 Å². The Morgan fingerprint density at radius 2 is 1.69 bits per heavy atom. The highest BCUT2D eigenvalue weighted by molar-refractivity contribution is 7.91. The Morgan fingerprint density at radius 1 is 1.03 bits per heavy atom. The summed E-state index contributed by atoms with van der Waals surface area (Å²) in [6.45, 7) is 0.260. The van der Waals surface area contributed by atoms with Crippen LogP contribution in [0.25, 0.3) is 0 Å². The largest absolute Gasteiger partial charge is 0.335 e. The molecule has 2 aliphatic carbocycles. The summed E-state index contributed by atoms with van der Waals surface area (Å²) < 4.78 is 24.1. The quantitative estimate of drug-likeness (QED) is 0.736. The third-order valence-electron chi connectivity index (χ3n) is 7.04. The molecule has 3 fully saturated rings. The van der Waals surface area contributed by atoms with Gasteiger partial charge >= 0.3 is 0 Å². The van der Waals surface area contributed by atoms with E-state index in [4.69, 9.17) is 11.6 Å². The van der Waals surface area contributed by atoms with Gasteiger partial charge in [0, 0.05) is 22.6 Å². The molecule has 29 heavy (non-hydrogen) atoms. The van der Waals surface area contributed by atoms with Crippen LogP contribution >= 0.6 is 11.6 Å². The van der Waals surface area contributed by atoms with Gasteiger partial charge in [-0.05, 0) is 49.8 Å². The maximum atomic E-state index is 13.4. The summed E-state index contributed by atoms with van der Waals surface area (Å²) in [5.41, 5.74) is 0.992. The van der Waals surface area contributed by atoms with Gasteiger partial charge in [-0.15, -0.1) is 0 Å². The zero-order valence-electron chi connectivity index (χ0n) is 16.9. The molecule has 1 N–H and O–H groups in total. The van der Waals surface area contributed by atoms with Gasteiger partial charge in [-0.25, -0.2) is 8.42 Å². The fraction of sp³-hybridized carbons (Fsp3) is 0.682. The summed E-state index contributed by atoms with van der Waals surface area (Å²) in [4.78, 5) is 15.3. The molecule has 0 bridgehead atoms. The number of nitrogens with one attached hydrogen (secondary N) is 1. The summed E-state index contributed by atoms with van der Waals surface area (Å²) in [5.74, 6) is 0.382. The number of carbonyl (C=O) groups is 1. The predicted molar refractivity (Wildman–Crippen MR) is 116 cm³/mol. The molecule has 1 saturated heterocycles. The monoisotopic (exact) mass is 438 g/mol. The Bertz CT molecular complexity index is 828. The van der Waals surface area contributed by atoms with Crippen LogP contribution in [-0.4, -0.2) is 49.4 Å². The number of rotatable bonds is 6. The Morgan fingerprint density at radius 3 is 2.28 bits per heavy atom. The molecule has 1 aromatic carbocycles. The normalized spacial score (nSPS) is 26.0. The molecule has 160 valence electrons. The first-order valence-corrected chi connectivity index (χ1v) is 13.1. The van der Waals surface area contributed by atoms with E-state index in [1.54, 1.807) is 0 Å². The van der Waals surface area contributed by atoms with E-state index < -0.39 is 9.84 Å². The minimum atomic E-state index is -3.02. The zero-order valence-corrected chi connectivity index (χ0v) is 18.5. The van der Waals surface area contributed by atoms with Crippen molar-refractivity contribution >= 4 is 27.3 Å². The van der Waals surface area contributed by atoms with Gasteiger partial charge in [0.05, 0.1) is 18.1 Å². The smallest absolute Gasteiger partial charge is 0.237 e. The van der Waals surface area contributed by atoms with Crippen LogP contribution in [0.3, 0.4) is 0 Å². The van der Waals surface area contributed by atoms with E-state index in [1.165, 1.54) is 5.56 Å². The van der Waals surface area contributed by atoms with Crippen molar-refractivity contribution in [2.75, 3.05) is 18.1 Å². The number of sulfone groups is 1. The molecule has 0 spiro atoms. The van der Waals surface area contributed by atoms with Gasteiger partial charge in [0.15, 0.2) is 9.84 Å². The highest BCUT2D eigenvalue weighted by Crippen LogP contribution is 2.39. The molecule has 4 rings (SSSR count). The number of nitrogens with zero attached hydrogens (tertiary/aromatic N) is 1. The minimum absolute atomic E-state index is 0.0549. The molecular weight excluding hydrogens is 408 g/mol. The van der Waals surface area contributed by atoms with Crippen molar-refractivity contribution in [2.24, 2.45) is 0 Å². The van der Waals surface area contributed by atoms with Crippen molar-refractivity contribution in [3.63, 3.8) is 0 Å². The second kappa shape index (κ2) is 8.56. The van der Waals surface area contributed by atoms with E-state index in [0.29, 0.717) is 11.4 Å². The Kier molecular flexibility index (Phi) is 6.24. The Labute approximate surface area is 179 Å². The van der Waals surface area contributed by atoms with Gasteiger partial charge in [0.25, 0.3) is 0 Å². The fourth-order valence-corrected chi connectivity index (χ4v) is 7.37. The van der Waals surface area contributed by atoms with E-state index in [0.717, 1.165) is 51.4 Å². The average Bonchev–Trinajstić information content (AvgIpc) is 3.43. The molecule has 1 heterocycles. The summed E-state index contributed by atoms with van der Waals surface area (Å²) in [5, 5.41) is 4.31. The summed E-state index contributed by atoms with van der Waals surface area (Å²) in [6, 6.07) is 7.97. The maximum Gasteiger partial charge on any atom is 0.237 e. The van der Waals surface area contributed by atoms with Gasteiger partial charge in [0.2, 0.25) is 5.91 Å². The molecule has 1 unspecified atom stereocenters. The van der Waals surface area contributed by atoms with Crippen LogP contribution in [0.1, 0.15) is 63.4 Å². The molecule has 0 aromatic heterocycles. The van der Waals surface area contributed by atoms with Crippen molar-refractivity contribution in [3.8, 4) is 0 Å². The Balaban J connectivity index is 1.50. The van der Waals surface area contributed by atoms with E-state index in [2.05, 4.69) is 17.4 Å². The lowest BCUT2D eigenvalue weighted by molar-refractivity contribution is -0.135. The van der Waals surface area contributed by atoms with Crippen molar-refractivity contribution in [1.29, 1.82) is 0 Å². The van der Waals surface area contributed by atoms with Gasteiger partial charge in [-0.2, -0.15) is 0 Å². The minimum Gasteiger partial charge on any atom is -0.335 e. The first-order valence-electron chi connectivity index (χ1n) is 10.9. The lowest BCUT2D eigenvalue weighted by Gasteiger charge is -2.37. The Hall–Kier alpha value is -1.11. The van der Waals surface area contributed by atoms with Crippen molar-refractivity contribution in [3.05, 3.63) is 34.9 Å². The van der Waals surface area contributed by atoms with E-state index in [-0.39, 0.29) is 41.6 Å². The number of hydrogen-bond donors (Lipinski definition) is 1. The SMILES string of the molecule is O=C(CNC1(c2ccc(Cl)cc2)CCCC1)N(C1CCCC1)C1CCS(=O)(=O)C1. The standard InChI is InChI=1S/C22H31ClN2O3S/c23-18-9-7-17(8-10-18)22(12-3-4-13-22)24-15-21(26)25(19-5-1-2-6-19)20-11-14-29(27,28)16-20/h7-10,19-20,24H,1-6,11-16H2. The van der Waals surface area contributed by atoms with Crippen molar-refractivity contribution < 1.29 is 13.2 Å². The molecule has 2 saturated carbocycles. The van der Waals surface area contributed by atoms with Crippen LogP contribution in [0.5, 0.6) is 0 Å². The lowest BCUT2D eigenvalue weighted by atomic mass is 9.88. The molecule has 0 radical (unpaired) electrons. The zero-order chi connectivity index (χ0) is 20.5. The average molecular weight is 439 g/mol. The molecule has 1 atom stereocenters. The van der Waals surface area contributed by atoms with Gasteiger partial charge in [-0.1, -0.05) is 49.4 Å².